The molecule has 0 bridgehead atoms. The molecule has 664 valence electrons. The lowest BCUT2D eigenvalue weighted by molar-refractivity contribution is 0.130. The second kappa shape index (κ2) is 34.2. The Morgan fingerprint density at radius 3 is 1.15 bits per heavy atom. The number of nitrogens with one attached hydrogen (secondary N) is 3. The van der Waals surface area contributed by atoms with E-state index in [1.54, 1.807) is 0 Å². The molecular weight excluding hydrogens is 1750 g/mol. The van der Waals surface area contributed by atoms with Crippen LogP contribution in [0, 0.1) is 0 Å². The van der Waals surface area contributed by atoms with Crippen LogP contribution in [0.2, 0.25) is 0 Å². The van der Waals surface area contributed by atoms with Gasteiger partial charge in [0.2, 0.25) is 0 Å². The number of anilines is 6. The topological polar surface area (TPSA) is 45.3 Å². The molecule has 3 N–H and O–H groups in total. The third-order valence-electron chi connectivity index (χ3n) is 28.7. The van der Waals surface area contributed by atoms with Crippen molar-refractivity contribution in [3.63, 3.8) is 0 Å². The van der Waals surface area contributed by atoms with Gasteiger partial charge in [-0.2, -0.15) is 0 Å². The molecule has 3 aliphatic heterocycles. The van der Waals surface area contributed by atoms with Gasteiger partial charge >= 0.3 is 0 Å². The molecule has 6 aliphatic rings. The largest absolute Gasteiger partial charge is 0.488 e. The van der Waals surface area contributed by atoms with Crippen molar-refractivity contribution < 1.29 is 11.6 Å². The minimum atomic E-state index is -0.439. The monoisotopic (exact) mass is 1850 g/mol. The zero-order valence-electron chi connectivity index (χ0n) is 82.0. The molecule has 0 aromatic heterocycles. The second-order valence-corrected chi connectivity index (χ2v) is 41.0. The van der Waals surface area contributed by atoms with Crippen LogP contribution in [-0.4, -0.2) is 5.60 Å². The maximum absolute atomic E-state index is 8.31. The van der Waals surface area contributed by atoms with Crippen LogP contribution in [0.15, 0.2) is 521 Å². The highest BCUT2D eigenvalue weighted by atomic mass is 32.2. The second-order valence-electron chi connectivity index (χ2n) is 37.8. The van der Waals surface area contributed by atoms with Crippen molar-refractivity contribution >= 4 is 102 Å². The van der Waals surface area contributed by atoms with Crippen LogP contribution in [0.3, 0.4) is 0 Å². The SMILES string of the molecule is CC(C)(C)Oc1ccc2c(c1)Sc1cc(Nc3cccc(-c4cccc(-c5ccc6c(ccc7ccccc76)c5)c4)c3)ccc1C21c2ccccc2-c2ccccc21.[2H]c1c([2H])c([2H])c(-c2ccc(-c3ccc(Nc4ccc5c(c4)Sc4ccccc4C54c5ccccc5-c5ccccc54)cc3)cc2)c([2H])c1[2H].c1ccc2c(c1)Sc1c(Nc3ccc4ccccc4c3)cccc1C21c2ccccc2-c2ccccc21. The summed E-state index contributed by atoms with van der Waals surface area (Å²) in [6.45, 7) is 6.32. The van der Waals surface area contributed by atoms with Gasteiger partial charge in [0.05, 0.1) is 28.8 Å². The Balaban J connectivity index is 0.000000113. The number of fused-ring (bicyclic) bond motifs is 31. The molecule has 3 spiro atoms. The molecule has 0 amide bonds. The van der Waals surface area contributed by atoms with E-state index >= 15 is 0 Å². The lowest BCUT2D eigenvalue weighted by atomic mass is 9.67. The molecule has 28 rings (SSSR count). The molecular formula is C133H93N3OS3. The molecule has 3 aliphatic carbocycles. The van der Waals surface area contributed by atoms with Crippen molar-refractivity contribution in [1.29, 1.82) is 0 Å². The Labute approximate surface area is 836 Å². The molecule has 0 saturated carbocycles. The highest BCUT2D eigenvalue weighted by Gasteiger charge is 2.54. The molecule has 140 heavy (non-hydrogen) atoms. The molecule has 22 aromatic carbocycles. The first kappa shape index (κ1) is 79.0. The van der Waals surface area contributed by atoms with Crippen LogP contribution in [0.25, 0.3) is 110 Å². The van der Waals surface area contributed by atoms with E-state index in [4.69, 9.17) is 11.6 Å². The zero-order chi connectivity index (χ0) is 97.6. The summed E-state index contributed by atoms with van der Waals surface area (Å²) in [6.07, 6.45) is 0. The normalized spacial score (nSPS) is 14.1. The van der Waals surface area contributed by atoms with E-state index < -0.39 is 5.41 Å². The van der Waals surface area contributed by atoms with Gasteiger partial charge in [-0.3, -0.25) is 0 Å². The van der Waals surface area contributed by atoms with Crippen molar-refractivity contribution in [2.75, 3.05) is 16.0 Å². The Hall–Kier alpha value is -16.1. The van der Waals surface area contributed by atoms with E-state index in [1.807, 2.05) is 59.6 Å². The summed E-state index contributed by atoms with van der Waals surface area (Å²) >= 11 is 5.54. The van der Waals surface area contributed by atoms with Crippen molar-refractivity contribution in [1.82, 2.24) is 0 Å². The van der Waals surface area contributed by atoms with Crippen molar-refractivity contribution in [3.05, 3.63) is 558 Å². The molecule has 7 heteroatoms. The maximum Gasteiger partial charge on any atom is 0.121 e. The average Bonchev–Trinajstić information content (AvgIpc) is 1.54. The summed E-state index contributed by atoms with van der Waals surface area (Å²) in [5.41, 5.74) is 36.3. The molecule has 0 unspecified atom stereocenters. The lowest BCUT2D eigenvalue weighted by Crippen LogP contribution is -2.32. The van der Waals surface area contributed by atoms with Crippen molar-refractivity contribution in [2.24, 2.45) is 0 Å². The number of benzene rings is 22. The standard InChI is InChI=1S/C55H41NOS.C43H29NS.C35H23NS/c1-54(2,3)57-43-26-29-51-53(34-43)58-52-33-42(25-28-50(52)55(51)48-20-8-6-18-46(48)47-19-7-9-21-49(47)55)56-41-16-11-15-38(32-41)36-13-10-14-37(30-36)39-24-27-45-40(31-39)23-22-35-12-4-5-17-44(35)45;1-2-10-29(11-3-1)30-18-20-31(21-19-30)32-22-24-33(25-23-32)44-34-26-27-40-42(28-34)45-41-17-9-8-16-39(41)43(40)37-14-6-4-12-35(37)36-13-5-7-15-38(36)43;1-2-11-24-22-25(21-20-23(24)10-1)36-32-18-9-17-31-34(32)37-33-19-8-7-16-30(33)35(31)28-14-5-3-12-26(28)27-13-4-6-15-29(27)35/h4-34,56H,1-3H3;1-28,44H;1-22,36H/i;1D,2D,3D,10D,11D;. The van der Waals surface area contributed by atoms with Crippen LogP contribution in [0.4, 0.5) is 34.1 Å². The van der Waals surface area contributed by atoms with Gasteiger partial charge in [-0.1, -0.05) is 423 Å². The van der Waals surface area contributed by atoms with Gasteiger partial charge in [-0.15, -0.1) is 0 Å². The van der Waals surface area contributed by atoms with Crippen LogP contribution < -0.4 is 20.7 Å². The predicted octanol–water partition coefficient (Wildman–Crippen LogP) is 36.1. The summed E-state index contributed by atoms with van der Waals surface area (Å²) in [5.74, 6) is 0.890. The highest BCUT2D eigenvalue weighted by molar-refractivity contribution is 8.00. The van der Waals surface area contributed by atoms with Gasteiger partial charge in [-0.05, 0) is 301 Å². The Bertz CT molecular complexity index is 8920. The van der Waals surface area contributed by atoms with Crippen LogP contribution >= 0.6 is 35.3 Å². The fraction of sp³-hybridized carbons (Fsp3) is 0.0526. The lowest BCUT2D eigenvalue weighted by Gasteiger charge is -2.40. The minimum absolute atomic E-state index is 0.197. The number of hydrogen-bond donors (Lipinski definition) is 3. The van der Waals surface area contributed by atoms with Crippen LogP contribution in [-0.2, 0) is 16.2 Å². The Kier molecular flexibility index (Phi) is 19.3. The summed E-state index contributed by atoms with van der Waals surface area (Å²) in [4.78, 5) is 7.57. The Morgan fingerprint density at radius 2 is 0.586 bits per heavy atom. The summed E-state index contributed by atoms with van der Waals surface area (Å²) in [7, 11) is 0. The fourth-order valence-electron chi connectivity index (χ4n) is 22.9. The summed E-state index contributed by atoms with van der Waals surface area (Å²) in [6, 6.07) is 165. The molecule has 0 saturated heterocycles. The summed E-state index contributed by atoms with van der Waals surface area (Å²) < 4.78 is 47.0. The van der Waals surface area contributed by atoms with Gasteiger partial charge in [0, 0.05) is 57.8 Å². The van der Waals surface area contributed by atoms with E-state index in [1.165, 1.54) is 184 Å². The first-order valence-electron chi connectivity index (χ1n) is 50.3. The number of ether oxygens (including phenoxy) is 1. The number of rotatable bonds is 11. The van der Waals surface area contributed by atoms with Gasteiger partial charge in [0.15, 0.2) is 0 Å². The van der Waals surface area contributed by atoms with Crippen LogP contribution in [0.1, 0.15) is 94.4 Å². The Morgan fingerprint density at radius 1 is 0.221 bits per heavy atom. The third kappa shape index (κ3) is 14.1. The molecule has 0 fully saturated rings. The molecule has 0 radical (unpaired) electrons. The highest BCUT2D eigenvalue weighted by Crippen LogP contribution is 2.67. The van der Waals surface area contributed by atoms with E-state index in [0.717, 1.165) is 51.0 Å². The van der Waals surface area contributed by atoms with Gasteiger partial charge in [-0.25, -0.2) is 0 Å². The molecule has 0 atom stereocenters. The van der Waals surface area contributed by atoms with Crippen LogP contribution in [0.5, 0.6) is 5.75 Å². The molecule has 22 aromatic rings. The molecule has 3 heterocycles. The predicted molar refractivity (Wildman–Crippen MR) is 587 cm³/mol. The first-order chi connectivity index (χ1) is 71.0. The molecule has 4 nitrogen and oxygen atoms in total. The smallest absolute Gasteiger partial charge is 0.121 e. The fourth-order valence-corrected chi connectivity index (χ4v) is 26.6. The number of hydrogen-bond acceptors (Lipinski definition) is 7. The maximum atomic E-state index is 8.31. The van der Waals surface area contributed by atoms with Gasteiger partial charge in [0.1, 0.15) is 11.4 Å². The van der Waals surface area contributed by atoms with E-state index in [9.17, 15) is 0 Å². The first-order valence-corrected chi connectivity index (χ1v) is 50.2. The third-order valence-corrected chi connectivity index (χ3v) is 32.2. The van der Waals surface area contributed by atoms with Gasteiger partial charge < -0.3 is 20.7 Å². The average molecular weight is 1850 g/mol. The minimum Gasteiger partial charge on any atom is -0.488 e. The van der Waals surface area contributed by atoms with Gasteiger partial charge in [0.25, 0.3) is 0 Å². The summed E-state index contributed by atoms with van der Waals surface area (Å²) in [5, 5.41) is 18.8. The zero-order valence-corrected chi connectivity index (χ0v) is 79.5. The van der Waals surface area contributed by atoms with Crippen molar-refractivity contribution in [2.45, 2.75) is 72.0 Å². The van der Waals surface area contributed by atoms with E-state index in [-0.39, 0.29) is 52.2 Å². The van der Waals surface area contributed by atoms with E-state index in [2.05, 4.69) is 474 Å². The van der Waals surface area contributed by atoms with E-state index in [0.29, 0.717) is 5.56 Å². The quantitative estimate of drug-likeness (QED) is 0.112. The van der Waals surface area contributed by atoms with Crippen molar-refractivity contribution in [3.8, 4) is 83.6 Å².